The van der Waals surface area contributed by atoms with E-state index in [4.69, 9.17) is 4.74 Å². The molecule has 0 saturated carbocycles. The first-order valence-electron chi connectivity index (χ1n) is 4.18. The Morgan fingerprint density at radius 1 is 1.47 bits per heavy atom. The molecule has 3 nitrogen and oxygen atoms in total. The van der Waals surface area contributed by atoms with Crippen LogP contribution in [0, 0.1) is 5.82 Å². The molecular formula is C11H9FO3. The zero-order valence-electron chi connectivity index (χ0n) is 8.07. The molecule has 0 aliphatic carbocycles. The van der Waals surface area contributed by atoms with E-state index in [9.17, 15) is 14.0 Å². The monoisotopic (exact) mass is 208 g/mol. The molecule has 0 aromatic heterocycles. The van der Waals surface area contributed by atoms with Crippen LogP contribution in [0.1, 0.15) is 10.4 Å². The lowest BCUT2D eigenvalue weighted by Crippen LogP contribution is -1.99. The van der Waals surface area contributed by atoms with Crippen LogP contribution in [-0.2, 0) is 4.79 Å². The molecule has 1 aromatic carbocycles. The standard InChI is InChI=1S/C11H9FO3/c1-15-8-4-5-9(10(12)7-8)11(14)3-2-6-13/h2-7H,1H3/b3-2+. The summed E-state index contributed by atoms with van der Waals surface area (Å²) in [6, 6.07) is 3.90. The van der Waals surface area contributed by atoms with Gasteiger partial charge in [0.1, 0.15) is 17.9 Å². The maximum absolute atomic E-state index is 13.3. The summed E-state index contributed by atoms with van der Waals surface area (Å²) in [5.41, 5.74) is -0.0890. The van der Waals surface area contributed by atoms with Gasteiger partial charge < -0.3 is 4.74 Å². The number of halogens is 1. The fourth-order valence-electron chi connectivity index (χ4n) is 1.04. The third-order valence-corrected chi connectivity index (χ3v) is 1.77. The summed E-state index contributed by atoms with van der Waals surface area (Å²) >= 11 is 0. The van der Waals surface area contributed by atoms with Crippen molar-refractivity contribution in [1.82, 2.24) is 0 Å². The Kier molecular flexibility index (Phi) is 3.74. The number of ether oxygens (including phenoxy) is 1. The minimum Gasteiger partial charge on any atom is -0.497 e. The van der Waals surface area contributed by atoms with Gasteiger partial charge in [-0.05, 0) is 24.3 Å². The van der Waals surface area contributed by atoms with Crippen LogP contribution >= 0.6 is 0 Å². The van der Waals surface area contributed by atoms with Crippen molar-refractivity contribution >= 4 is 12.1 Å². The number of carbonyl (C=O) groups excluding carboxylic acids is 2. The SMILES string of the molecule is COc1ccc(C(=O)/C=C/C=O)c(F)c1. The molecule has 15 heavy (non-hydrogen) atoms. The average Bonchev–Trinajstić information content (AvgIpc) is 2.25. The Hall–Kier alpha value is -1.97. The number of allylic oxidation sites excluding steroid dienone is 2. The summed E-state index contributed by atoms with van der Waals surface area (Å²) in [6.07, 6.45) is 2.49. The number of rotatable bonds is 4. The van der Waals surface area contributed by atoms with Crippen LogP contribution in [0.15, 0.2) is 30.4 Å². The maximum atomic E-state index is 13.3. The number of aldehydes is 1. The average molecular weight is 208 g/mol. The summed E-state index contributed by atoms with van der Waals surface area (Å²) in [4.78, 5) is 21.3. The number of hydrogen-bond acceptors (Lipinski definition) is 3. The van der Waals surface area contributed by atoms with Crippen LogP contribution in [-0.4, -0.2) is 19.2 Å². The van der Waals surface area contributed by atoms with Crippen molar-refractivity contribution < 1.29 is 18.7 Å². The van der Waals surface area contributed by atoms with Gasteiger partial charge in [0.2, 0.25) is 0 Å². The lowest BCUT2D eigenvalue weighted by Gasteiger charge is -2.02. The molecule has 0 radical (unpaired) electrons. The number of methoxy groups -OCH3 is 1. The third-order valence-electron chi connectivity index (χ3n) is 1.77. The van der Waals surface area contributed by atoms with Gasteiger partial charge in [0.15, 0.2) is 5.78 Å². The van der Waals surface area contributed by atoms with Gasteiger partial charge >= 0.3 is 0 Å². The Labute approximate surface area is 86.2 Å². The van der Waals surface area contributed by atoms with Crippen LogP contribution in [0.3, 0.4) is 0 Å². The van der Waals surface area contributed by atoms with Crippen LogP contribution in [0.25, 0.3) is 0 Å². The number of benzene rings is 1. The summed E-state index contributed by atoms with van der Waals surface area (Å²) in [7, 11) is 1.41. The fourth-order valence-corrected chi connectivity index (χ4v) is 1.04. The van der Waals surface area contributed by atoms with Gasteiger partial charge in [0.25, 0.3) is 0 Å². The molecule has 1 rings (SSSR count). The van der Waals surface area contributed by atoms with Crippen molar-refractivity contribution in [2.45, 2.75) is 0 Å². The van der Waals surface area contributed by atoms with Gasteiger partial charge in [-0.3, -0.25) is 9.59 Å². The van der Waals surface area contributed by atoms with Gasteiger partial charge in [-0.1, -0.05) is 0 Å². The smallest absolute Gasteiger partial charge is 0.188 e. The maximum Gasteiger partial charge on any atom is 0.188 e. The van der Waals surface area contributed by atoms with Gasteiger partial charge in [-0.25, -0.2) is 4.39 Å². The normalized spacial score (nSPS) is 10.3. The van der Waals surface area contributed by atoms with E-state index in [0.717, 1.165) is 18.2 Å². The Morgan fingerprint density at radius 2 is 2.20 bits per heavy atom. The lowest BCUT2D eigenvalue weighted by molar-refractivity contribution is -0.104. The van der Waals surface area contributed by atoms with E-state index < -0.39 is 11.6 Å². The van der Waals surface area contributed by atoms with E-state index in [2.05, 4.69) is 0 Å². The van der Waals surface area contributed by atoms with Gasteiger partial charge in [0.05, 0.1) is 12.7 Å². The minimum absolute atomic E-state index is 0.0890. The highest BCUT2D eigenvalue weighted by molar-refractivity contribution is 6.06. The lowest BCUT2D eigenvalue weighted by atomic mass is 10.1. The molecule has 0 aliphatic heterocycles. The van der Waals surface area contributed by atoms with E-state index in [-0.39, 0.29) is 5.56 Å². The van der Waals surface area contributed by atoms with Gasteiger partial charge in [-0.2, -0.15) is 0 Å². The molecule has 0 saturated heterocycles. The highest BCUT2D eigenvalue weighted by atomic mass is 19.1. The van der Waals surface area contributed by atoms with E-state index in [1.807, 2.05) is 0 Å². The minimum atomic E-state index is -0.671. The molecule has 0 aliphatic rings. The highest BCUT2D eigenvalue weighted by Gasteiger charge is 2.09. The summed E-state index contributed by atoms with van der Waals surface area (Å²) < 4.78 is 18.1. The van der Waals surface area contributed by atoms with E-state index in [0.29, 0.717) is 12.0 Å². The molecular weight excluding hydrogens is 199 g/mol. The first-order chi connectivity index (χ1) is 7.19. The molecule has 0 spiro atoms. The third kappa shape index (κ3) is 2.74. The van der Waals surface area contributed by atoms with Crippen molar-refractivity contribution in [1.29, 1.82) is 0 Å². The van der Waals surface area contributed by atoms with Crippen molar-refractivity contribution in [2.24, 2.45) is 0 Å². The van der Waals surface area contributed by atoms with Gasteiger partial charge in [-0.15, -0.1) is 0 Å². The Balaban J connectivity index is 3.00. The van der Waals surface area contributed by atoms with Crippen LogP contribution < -0.4 is 4.74 Å². The molecule has 1 aromatic rings. The second-order valence-electron chi connectivity index (χ2n) is 2.71. The second kappa shape index (κ2) is 5.05. The van der Waals surface area contributed by atoms with E-state index in [1.54, 1.807) is 0 Å². The van der Waals surface area contributed by atoms with Crippen molar-refractivity contribution in [3.63, 3.8) is 0 Å². The molecule has 0 atom stereocenters. The summed E-state index contributed by atoms with van der Waals surface area (Å²) in [6.45, 7) is 0. The van der Waals surface area contributed by atoms with E-state index in [1.165, 1.54) is 19.2 Å². The predicted molar refractivity (Wildman–Crippen MR) is 52.5 cm³/mol. The van der Waals surface area contributed by atoms with Crippen LogP contribution in [0.5, 0.6) is 5.75 Å². The molecule has 0 heterocycles. The van der Waals surface area contributed by atoms with Gasteiger partial charge in [0, 0.05) is 6.07 Å². The predicted octanol–water partition coefficient (Wildman–Crippen LogP) is 1.77. The van der Waals surface area contributed by atoms with Crippen LogP contribution in [0.2, 0.25) is 0 Å². The molecule has 4 heteroatoms. The van der Waals surface area contributed by atoms with E-state index >= 15 is 0 Å². The molecule has 0 amide bonds. The highest BCUT2D eigenvalue weighted by Crippen LogP contribution is 2.16. The number of ketones is 1. The quantitative estimate of drug-likeness (QED) is 0.430. The number of hydrogen-bond donors (Lipinski definition) is 0. The van der Waals surface area contributed by atoms with Crippen LogP contribution in [0.4, 0.5) is 4.39 Å². The molecule has 0 fully saturated rings. The Bertz CT molecular complexity index is 410. The molecule has 78 valence electrons. The zero-order chi connectivity index (χ0) is 11.3. The van der Waals surface area contributed by atoms with Crippen molar-refractivity contribution in [2.75, 3.05) is 7.11 Å². The second-order valence-corrected chi connectivity index (χ2v) is 2.71. The fraction of sp³-hybridized carbons (Fsp3) is 0.0909. The molecule has 0 N–H and O–H groups in total. The number of carbonyl (C=O) groups is 2. The summed E-state index contributed by atoms with van der Waals surface area (Å²) in [5.74, 6) is -0.888. The first-order valence-corrected chi connectivity index (χ1v) is 4.18. The molecule has 0 bridgehead atoms. The van der Waals surface area contributed by atoms with Crippen molar-refractivity contribution in [3.8, 4) is 5.75 Å². The zero-order valence-corrected chi connectivity index (χ0v) is 8.07. The van der Waals surface area contributed by atoms with Crippen molar-refractivity contribution in [3.05, 3.63) is 41.7 Å². The molecule has 0 unspecified atom stereocenters. The Morgan fingerprint density at radius 3 is 2.73 bits per heavy atom. The topological polar surface area (TPSA) is 43.4 Å². The first kappa shape index (κ1) is 11.1. The summed E-state index contributed by atoms with van der Waals surface area (Å²) in [5, 5.41) is 0. The largest absolute Gasteiger partial charge is 0.497 e.